The van der Waals surface area contributed by atoms with Crippen LogP contribution >= 0.6 is 27.3 Å². The Bertz CT molecular complexity index is 498. The van der Waals surface area contributed by atoms with E-state index in [-0.39, 0.29) is 0 Å². The number of hydrogen-bond acceptors (Lipinski definition) is 4. The van der Waals surface area contributed by atoms with Crippen molar-refractivity contribution in [3.8, 4) is 0 Å². The number of nitrogens with zero attached hydrogens (tertiary/aromatic N) is 1. The molecule has 1 aliphatic carbocycles. The van der Waals surface area contributed by atoms with Gasteiger partial charge >= 0.3 is 12.0 Å². The summed E-state index contributed by atoms with van der Waals surface area (Å²) < 4.78 is 0.801. The van der Waals surface area contributed by atoms with Crippen molar-refractivity contribution in [3.05, 3.63) is 9.98 Å². The summed E-state index contributed by atoms with van der Waals surface area (Å²) in [5.41, 5.74) is -1.16. The number of anilines is 1. The highest BCUT2D eigenvalue weighted by molar-refractivity contribution is 9.11. The minimum atomic E-state index is -1.16. The molecule has 0 saturated heterocycles. The third kappa shape index (κ3) is 3.69. The molecule has 1 heterocycles. The van der Waals surface area contributed by atoms with Crippen LogP contribution < -0.4 is 10.6 Å². The van der Waals surface area contributed by atoms with Gasteiger partial charge in [-0.15, -0.1) is 0 Å². The smallest absolute Gasteiger partial charge is 0.329 e. The maximum absolute atomic E-state index is 12.0. The standard InChI is InChI=1S/C12H16BrN3O3S/c13-8-7-14-11(20-8)15-10(19)16-12(9(17)18)5-3-1-2-4-6-12/h7H,1-6H2,(H,17,18)(H2,14,15,16,19). The normalized spacial score (nSPS) is 18.1. The third-order valence-corrected chi connectivity index (χ3v) is 4.81. The number of hydrogen-bond donors (Lipinski definition) is 3. The van der Waals surface area contributed by atoms with Crippen LogP contribution in [-0.2, 0) is 4.79 Å². The van der Waals surface area contributed by atoms with E-state index < -0.39 is 17.5 Å². The van der Waals surface area contributed by atoms with Gasteiger partial charge < -0.3 is 10.4 Å². The molecule has 0 atom stereocenters. The number of aliphatic carboxylic acids is 1. The molecule has 2 amide bonds. The van der Waals surface area contributed by atoms with E-state index in [2.05, 4.69) is 31.5 Å². The molecule has 0 aliphatic heterocycles. The van der Waals surface area contributed by atoms with Crippen molar-refractivity contribution >= 4 is 44.4 Å². The largest absolute Gasteiger partial charge is 0.480 e. The Labute approximate surface area is 129 Å². The molecule has 0 bridgehead atoms. The number of rotatable bonds is 3. The second-order valence-corrected chi connectivity index (χ2v) is 7.26. The fourth-order valence-corrected chi connectivity index (χ4v) is 3.48. The molecule has 110 valence electrons. The van der Waals surface area contributed by atoms with Gasteiger partial charge in [0.15, 0.2) is 5.13 Å². The molecule has 2 rings (SSSR count). The van der Waals surface area contributed by atoms with Crippen molar-refractivity contribution in [1.29, 1.82) is 0 Å². The molecular formula is C12H16BrN3O3S. The number of halogens is 1. The summed E-state index contributed by atoms with van der Waals surface area (Å²) >= 11 is 4.53. The maximum atomic E-state index is 12.0. The number of carboxylic acid groups (broad SMARTS) is 1. The van der Waals surface area contributed by atoms with Crippen LogP contribution in [0.3, 0.4) is 0 Å². The number of carboxylic acids is 1. The van der Waals surface area contributed by atoms with Gasteiger partial charge in [0, 0.05) is 0 Å². The van der Waals surface area contributed by atoms with Gasteiger partial charge in [-0.2, -0.15) is 0 Å². The summed E-state index contributed by atoms with van der Waals surface area (Å²) in [6.07, 6.45) is 6.17. The third-order valence-electron chi connectivity index (χ3n) is 3.42. The fourth-order valence-electron chi connectivity index (χ4n) is 2.38. The summed E-state index contributed by atoms with van der Waals surface area (Å²) in [6.45, 7) is 0. The van der Waals surface area contributed by atoms with Crippen molar-refractivity contribution in [2.24, 2.45) is 0 Å². The van der Waals surface area contributed by atoms with Crippen LogP contribution in [0.15, 0.2) is 9.98 Å². The summed E-state index contributed by atoms with van der Waals surface area (Å²) in [4.78, 5) is 27.5. The van der Waals surface area contributed by atoms with Crippen LogP contribution in [-0.4, -0.2) is 27.6 Å². The summed E-state index contributed by atoms with van der Waals surface area (Å²) in [6, 6.07) is -0.517. The van der Waals surface area contributed by atoms with Crippen molar-refractivity contribution in [1.82, 2.24) is 10.3 Å². The average molecular weight is 362 g/mol. The molecule has 1 aromatic heterocycles. The van der Waals surface area contributed by atoms with Crippen LogP contribution in [0.1, 0.15) is 38.5 Å². The fraction of sp³-hybridized carbons (Fsp3) is 0.583. The van der Waals surface area contributed by atoms with Gasteiger partial charge in [0.2, 0.25) is 0 Å². The van der Waals surface area contributed by atoms with Crippen LogP contribution in [0.2, 0.25) is 0 Å². The highest BCUT2D eigenvalue weighted by Crippen LogP contribution is 2.28. The van der Waals surface area contributed by atoms with Crippen molar-refractivity contribution < 1.29 is 14.7 Å². The monoisotopic (exact) mass is 361 g/mol. The van der Waals surface area contributed by atoms with E-state index in [0.717, 1.165) is 29.5 Å². The van der Waals surface area contributed by atoms with E-state index in [1.165, 1.54) is 11.3 Å². The Hall–Kier alpha value is -1.15. The highest BCUT2D eigenvalue weighted by Gasteiger charge is 2.40. The molecule has 0 unspecified atom stereocenters. The molecule has 1 aromatic rings. The first-order valence-electron chi connectivity index (χ1n) is 6.46. The molecule has 6 nitrogen and oxygen atoms in total. The SMILES string of the molecule is O=C(Nc1ncc(Br)s1)NC1(C(=O)O)CCCCCC1. The summed E-state index contributed by atoms with van der Waals surface area (Å²) in [5.74, 6) is -0.963. The average Bonchev–Trinajstić information content (AvgIpc) is 2.64. The second kappa shape index (κ2) is 6.53. The second-order valence-electron chi connectivity index (χ2n) is 4.85. The number of amides is 2. The number of aromatic nitrogens is 1. The predicted molar refractivity (Wildman–Crippen MR) is 80.0 cm³/mol. The van der Waals surface area contributed by atoms with Crippen LogP contribution in [0.5, 0.6) is 0 Å². The number of carbonyl (C=O) groups excluding carboxylic acids is 1. The van der Waals surface area contributed by atoms with Gasteiger partial charge in [0.25, 0.3) is 0 Å². The van der Waals surface area contributed by atoms with Gasteiger partial charge in [-0.05, 0) is 28.8 Å². The maximum Gasteiger partial charge on any atom is 0.329 e. The minimum absolute atomic E-state index is 0.434. The zero-order chi connectivity index (χ0) is 14.6. The van der Waals surface area contributed by atoms with E-state index in [1.54, 1.807) is 6.20 Å². The topological polar surface area (TPSA) is 91.3 Å². The molecular weight excluding hydrogens is 346 g/mol. The Balaban J connectivity index is 2.03. The molecule has 8 heteroatoms. The molecule has 0 aromatic carbocycles. The van der Waals surface area contributed by atoms with Crippen LogP contribution in [0.25, 0.3) is 0 Å². The van der Waals surface area contributed by atoms with Crippen LogP contribution in [0.4, 0.5) is 9.93 Å². The van der Waals surface area contributed by atoms with E-state index in [1.807, 2.05) is 0 Å². The Morgan fingerprint density at radius 3 is 2.45 bits per heavy atom. The Morgan fingerprint density at radius 1 is 1.30 bits per heavy atom. The quantitative estimate of drug-likeness (QED) is 0.720. The summed E-state index contributed by atoms with van der Waals surface area (Å²) in [5, 5.41) is 15.1. The lowest BCUT2D eigenvalue weighted by Crippen LogP contribution is -2.55. The van der Waals surface area contributed by atoms with Gasteiger partial charge in [-0.25, -0.2) is 14.6 Å². The highest BCUT2D eigenvalue weighted by atomic mass is 79.9. The van der Waals surface area contributed by atoms with Gasteiger partial charge in [-0.3, -0.25) is 5.32 Å². The molecule has 3 N–H and O–H groups in total. The van der Waals surface area contributed by atoms with E-state index >= 15 is 0 Å². The first-order valence-corrected chi connectivity index (χ1v) is 8.07. The lowest BCUT2D eigenvalue weighted by Gasteiger charge is -2.29. The van der Waals surface area contributed by atoms with Crippen molar-refractivity contribution in [3.63, 3.8) is 0 Å². The summed E-state index contributed by atoms with van der Waals surface area (Å²) in [7, 11) is 0. The minimum Gasteiger partial charge on any atom is -0.480 e. The molecule has 20 heavy (non-hydrogen) atoms. The van der Waals surface area contributed by atoms with Gasteiger partial charge in [-0.1, -0.05) is 37.0 Å². The number of urea groups is 1. The van der Waals surface area contributed by atoms with E-state index in [0.29, 0.717) is 18.0 Å². The molecule has 1 aliphatic rings. The molecule has 1 fully saturated rings. The van der Waals surface area contributed by atoms with Gasteiger partial charge in [0.05, 0.1) is 9.98 Å². The molecule has 0 radical (unpaired) electrons. The molecule has 0 spiro atoms. The Kier molecular flexibility index (Phi) is 4.98. The lowest BCUT2D eigenvalue weighted by molar-refractivity contribution is -0.145. The lowest BCUT2D eigenvalue weighted by atomic mass is 9.90. The zero-order valence-electron chi connectivity index (χ0n) is 10.8. The Morgan fingerprint density at radius 2 is 1.95 bits per heavy atom. The van der Waals surface area contributed by atoms with Gasteiger partial charge in [0.1, 0.15) is 5.54 Å². The zero-order valence-corrected chi connectivity index (χ0v) is 13.2. The number of thiazole rings is 1. The van der Waals surface area contributed by atoms with E-state index in [4.69, 9.17) is 0 Å². The predicted octanol–water partition coefficient (Wildman–Crippen LogP) is 3.20. The van der Waals surface area contributed by atoms with Crippen molar-refractivity contribution in [2.45, 2.75) is 44.1 Å². The number of nitrogens with one attached hydrogen (secondary N) is 2. The first-order chi connectivity index (χ1) is 9.52. The first kappa shape index (κ1) is 15.2. The van der Waals surface area contributed by atoms with Crippen molar-refractivity contribution in [2.75, 3.05) is 5.32 Å². The van der Waals surface area contributed by atoms with Crippen LogP contribution in [0, 0.1) is 0 Å². The molecule has 1 saturated carbocycles. The van der Waals surface area contributed by atoms with E-state index in [9.17, 15) is 14.7 Å². The number of carbonyl (C=O) groups is 2.